The number of nitrogens with zero attached hydrogens (tertiary/aromatic N) is 5. The zero-order chi connectivity index (χ0) is 29.3. The van der Waals surface area contributed by atoms with Crippen molar-refractivity contribution in [1.82, 2.24) is 15.3 Å². The molecule has 3 heterocycles. The molecule has 0 spiro atoms. The zero-order valence-corrected chi connectivity index (χ0v) is 21.3. The summed E-state index contributed by atoms with van der Waals surface area (Å²) in [6, 6.07) is 6.67. The van der Waals surface area contributed by atoms with Gasteiger partial charge in [-0.1, -0.05) is 25.6 Å². The molecule has 2 aliphatic rings. The third kappa shape index (κ3) is 5.93. The van der Waals surface area contributed by atoms with E-state index in [1.807, 2.05) is 6.07 Å². The molecule has 1 saturated carbocycles. The molecule has 1 aliphatic heterocycles. The summed E-state index contributed by atoms with van der Waals surface area (Å²) in [4.78, 5) is 50.7. The van der Waals surface area contributed by atoms with Gasteiger partial charge < -0.3 is 5.32 Å². The molecule has 0 unspecified atom stereocenters. The van der Waals surface area contributed by atoms with Gasteiger partial charge in [0.2, 0.25) is 11.8 Å². The topological polar surface area (TPSA) is 119 Å². The second kappa shape index (κ2) is 11.9. The van der Waals surface area contributed by atoms with Crippen molar-refractivity contribution < 1.29 is 31.9 Å². The lowest BCUT2D eigenvalue weighted by molar-refractivity contribution is -0.133. The number of pyridine rings is 2. The minimum Gasteiger partial charge on any atom is -0.351 e. The van der Waals surface area contributed by atoms with Crippen molar-refractivity contribution in [3.63, 3.8) is 0 Å². The average molecular weight is 583 g/mol. The first-order chi connectivity index (χ1) is 19.6. The van der Waals surface area contributed by atoms with E-state index >= 15 is 4.39 Å². The van der Waals surface area contributed by atoms with E-state index in [0.29, 0.717) is 0 Å². The molecular weight excluding hydrogens is 556 g/mol. The van der Waals surface area contributed by atoms with Crippen LogP contribution in [0.3, 0.4) is 0 Å². The Morgan fingerprint density at radius 3 is 2.55 bits per heavy atom. The molecule has 5 rings (SSSR count). The van der Waals surface area contributed by atoms with Crippen molar-refractivity contribution in [1.29, 1.82) is 5.26 Å². The Bertz CT molecular complexity index is 1550. The highest BCUT2D eigenvalue weighted by atomic mass is 19.3. The number of nitrogens with one attached hydrogen (secondary N) is 1. The standard InChI is InChI=1S/C28H22F4N6O3.CH4/c29-17-10-19(15-34-14-17)37(27(41)22-5-6-24(39)38(22)23-9-16(13-33)7-8-35-23)25(20-3-1-2-4-21(20)30)26(40)36-18-11-28(31,32)12-18;/h1-4,7-10,14-15,18,22,25H,5-6,11-12H2,(H,36,40);1H4/t22-,25-;/m0./s1. The van der Waals surface area contributed by atoms with Gasteiger partial charge in [0.15, 0.2) is 0 Å². The number of amides is 3. The number of carbonyl (C=O) groups excluding carboxylic acids is 3. The van der Waals surface area contributed by atoms with Gasteiger partial charge in [0.1, 0.15) is 29.5 Å². The van der Waals surface area contributed by atoms with Gasteiger partial charge >= 0.3 is 0 Å². The molecular formula is C29H26F4N6O3. The molecule has 1 saturated heterocycles. The lowest BCUT2D eigenvalue weighted by atomic mass is 9.87. The first-order valence-electron chi connectivity index (χ1n) is 12.6. The number of hydrogen-bond donors (Lipinski definition) is 1. The van der Waals surface area contributed by atoms with E-state index in [1.165, 1.54) is 36.5 Å². The Morgan fingerprint density at radius 1 is 1.14 bits per heavy atom. The van der Waals surface area contributed by atoms with Crippen LogP contribution < -0.4 is 15.1 Å². The Hall–Kier alpha value is -4.86. The van der Waals surface area contributed by atoms with Gasteiger partial charge in [0, 0.05) is 43.1 Å². The summed E-state index contributed by atoms with van der Waals surface area (Å²) in [6.45, 7) is 0. The zero-order valence-electron chi connectivity index (χ0n) is 21.3. The maximum atomic E-state index is 15.2. The molecule has 1 N–H and O–H groups in total. The van der Waals surface area contributed by atoms with Crippen molar-refractivity contribution in [2.45, 2.75) is 57.2 Å². The van der Waals surface area contributed by atoms with E-state index in [2.05, 4.69) is 15.3 Å². The molecule has 0 bridgehead atoms. The third-order valence-corrected chi connectivity index (χ3v) is 6.97. The summed E-state index contributed by atoms with van der Waals surface area (Å²) < 4.78 is 56.7. The molecule has 2 atom stereocenters. The van der Waals surface area contributed by atoms with Gasteiger partial charge in [-0.15, -0.1) is 0 Å². The molecule has 0 radical (unpaired) electrons. The summed E-state index contributed by atoms with van der Waals surface area (Å²) in [7, 11) is 0. The molecule has 2 aromatic heterocycles. The first kappa shape index (κ1) is 30.1. The number of halogens is 4. The van der Waals surface area contributed by atoms with E-state index in [4.69, 9.17) is 0 Å². The second-order valence-corrected chi connectivity index (χ2v) is 9.80. The Morgan fingerprint density at radius 2 is 1.88 bits per heavy atom. The molecule has 42 heavy (non-hydrogen) atoms. The molecule has 218 valence electrons. The number of carbonyl (C=O) groups is 3. The maximum Gasteiger partial charge on any atom is 0.252 e. The summed E-state index contributed by atoms with van der Waals surface area (Å²) in [5, 5.41) is 11.8. The van der Waals surface area contributed by atoms with Crippen molar-refractivity contribution in [3.05, 3.63) is 83.8 Å². The number of anilines is 2. The predicted octanol–water partition coefficient (Wildman–Crippen LogP) is 4.45. The van der Waals surface area contributed by atoms with Crippen LogP contribution in [0.1, 0.15) is 50.3 Å². The summed E-state index contributed by atoms with van der Waals surface area (Å²) in [5.41, 5.74) is -0.336. The fourth-order valence-corrected chi connectivity index (χ4v) is 5.06. The summed E-state index contributed by atoms with van der Waals surface area (Å²) in [6.07, 6.45) is 1.86. The fourth-order valence-electron chi connectivity index (χ4n) is 5.06. The highest BCUT2D eigenvalue weighted by Crippen LogP contribution is 2.39. The molecule has 3 amide bonds. The Balaban J connectivity index is 0.00000405. The highest BCUT2D eigenvalue weighted by Gasteiger charge is 2.48. The molecule has 1 aromatic carbocycles. The smallest absolute Gasteiger partial charge is 0.252 e. The maximum absolute atomic E-state index is 15.2. The van der Waals surface area contributed by atoms with Crippen LogP contribution >= 0.6 is 0 Å². The van der Waals surface area contributed by atoms with E-state index in [9.17, 15) is 32.8 Å². The number of benzene rings is 1. The van der Waals surface area contributed by atoms with Gasteiger partial charge in [0.25, 0.3) is 11.8 Å². The van der Waals surface area contributed by atoms with Crippen molar-refractivity contribution >= 4 is 29.2 Å². The number of nitriles is 1. The van der Waals surface area contributed by atoms with Crippen LogP contribution in [0.15, 0.2) is 61.1 Å². The molecule has 9 nitrogen and oxygen atoms in total. The minimum atomic E-state index is -2.97. The minimum absolute atomic E-state index is 0. The third-order valence-electron chi connectivity index (χ3n) is 6.97. The van der Waals surface area contributed by atoms with Gasteiger partial charge in [-0.3, -0.25) is 29.2 Å². The highest BCUT2D eigenvalue weighted by molar-refractivity contribution is 6.10. The Labute approximate surface area is 238 Å². The number of alkyl halides is 2. The lowest BCUT2D eigenvalue weighted by Crippen LogP contribution is -2.56. The van der Waals surface area contributed by atoms with Gasteiger partial charge in [0.05, 0.1) is 29.7 Å². The average Bonchev–Trinajstić information content (AvgIpc) is 3.32. The van der Waals surface area contributed by atoms with Crippen LogP contribution in [-0.2, 0) is 14.4 Å². The largest absolute Gasteiger partial charge is 0.351 e. The van der Waals surface area contributed by atoms with Crippen LogP contribution in [-0.4, -0.2) is 45.7 Å². The lowest BCUT2D eigenvalue weighted by Gasteiger charge is -2.39. The Kier molecular flexibility index (Phi) is 8.56. The summed E-state index contributed by atoms with van der Waals surface area (Å²) in [5.74, 6) is -7.07. The molecule has 1 aliphatic carbocycles. The van der Waals surface area contributed by atoms with Crippen LogP contribution in [0.4, 0.5) is 29.1 Å². The van der Waals surface area contributed by atoms with Gasteiger partial charge in [-0.25, -0.2) is 22.5 Å². The molecule has 2 fully saturated rings. The van der Waals surface area contributed by atoms with E-state index in [1.54, 1.807) is 0 Å². The summed E-state index contributed by atoms with van der Waals surface area (Å²) >= 11 is 0. The quantitative estimate of drug-likeness (QED) is 0.412. The second-order valence-electron chi connectivity index (χ2n) is 9.80. The monoisotopic (exact) mass is 582 g/mol. The van der Waals surface area contributed by atoms with Crippen LogP contribution in [0, 0.1) is 23.0 Å². The molecule has 13 heteroatoms. The predicted molar refractivity (Wildman–Crippen MR) is 143 cm³/mol. The number of hydrogen-bond acceptors (Lipinski definition) is 6. The van der Waals surface area contributed by atoms with Gasteiger partial charge in [-0.2, -0.15) is 5.26 Å². The van der Waals surface area contributed by atoms with Gasteiger partial charge in [-0.05, 0) is 24.6 Å². The van der Waals surface area contributed by atoms with Crippen LogP contribution in [0.5, 0.6) is 0 Å². The van der Waals surface area contributed by atoms with Crippen LogP contribution in [0.2, 0.25) is 0 Å². The molecule has 3 aromatic rings. The van der Waals surface area contributed by atoms with E-state index in [-0.39, 0.29) is 42.9 Å². The normalized spacial score (nSPS) is 18.3. The van der Waals surface area contributed by atoms with Crippen LogP contribution in [0.25, 0.3) is 0 Å². The van der Waals surface area contributed by atoms with E-state index < -0.39 is 66.2 Å². The van der Waals surface area contributed by atoms with Crippen molar-refractivity contribution in [3.8, 4) is 6.07 Å². The number of aromatic nitrogens is 2. The number of rotatable bonds is 7. The fraction of sp³-hybridized carbons (Fsp3) is 0.310. The van der Waals surface area contributed by atoms with Crippen molar-refractivity contribution in [2.24, 2.45) is 0 Å². The van der Waals surface area contributed by atoms with Crippen molar-refractivity contribution in [2.75, 3.05) is 9.80 Å². The SMILES string of the molecule is C.N#Cc1ccnc(N2C(=O)CC[C@H]2C(=O)N(c2cncc(F)c2)[C@H](C(=O)NC2CC(F)(F)C2)c2ccccc2F)c1. The van der Waals surface area contributed by atoms with E-state index in [0.717, 1.165) is 34.3 Å². The first-order valence-corrected chi connectivity index (χ1v) is 12.6.